The molecule has 2 aromatic carbocycles. The van der Waals surface area contributed by atoms with E-state index in [-0.39, 0.29) is 11.7 Å². The number of phenols is 1. The normalized spacial score (nSPS) is 11.1. The van der Waals surface area contributed by atoms with Gasteiger partial charge in [0, 0.05) is 29.7 Å². The largest absolute Gasteiger partial charge is 0.508 e. The molecule has 23 heavy (non-hydrogen) atoms. The summed E-state index contributed by atoms with van der Waals surface area (Å²) in [5.41, 5.74) is 3.05. The number of rotatable bonds is 5. The van der Waals surface area contributed by atoms with Crippen LogP contribution in [-0.4, -0.2) is 22.5 Å². The number of aromatic amines is 1. The van der Waals surface area contributed by atoms with E-state index in [1.807, 2.05) is 42.6 Å². The Balaban J connectivity index is 1.55. The number of carbonyl (C=O) groups is 1. The van der Waals surface area contributed by atoms with Crippen molar-refractivity contribution in [1.29, 1.82) is 0 Å². The van der Waals surface area contributed by atoms with E-state index in [1.165, 1.54) is 6.08 Å². The molecule has 0 radical (unpaired) electrons. The summed E-state index contributed by atoms with van der Waals surface area (Å²) in [5.74, 6) is 0.129. The van der Waals surface area contributed by atoms with Crippen molar-refractivity contribution in [3.8, 4) is 5.75 Å². The zero-order valence-electron chi connectivity index (χ0n) is 12.6. The molecule has 0 unspecified atom stereocenters. The maximum Gasteiger partial charge on any atom is 0.244 e. The van der Waals surface area contributed by atoms with Crippen LogP contribution >= 0.6 is 0 Å². The van der Waals surface area contributed by atoms with Gasteiger partial charge in [-0.25, -0.2) is 0 Å². The first kappa shape index (κ1) is 14.9. The predicted octanol–water partition coefficient (Wildman–Crippen LogP) is 3.25. The van der Waals surface area contributed by atoms with Gasteiger partial charge >= 0.3 is 0 Å². The summed E-state index contributed by atoms with van der Waals surface area (Å²) in [6.07, 6.45) is 5.94. The van der Waals surface area contributed by atoms with E-state index in [1.54, 1.807) is 18.2 Å². The van der Waals surface area contributed by atoms with Crippen molar-refractivity contribution in [2.24, 2.45) is 0 Å². The van der Waals surface area contributed by atoms with Crippen LogP contribution in [0.2, 0.25) is 0 Å². The lowest BCUT2D eigenvalue weighted by Crippen LogP contribution is -2.23. The number of aromatic hydroxyl groups is 1. The number of aromatic nitrogens is 1. The van der Waals surface area contributed by atoms with Crippen LogP contribution in [0.25, 0.3) is 17.0 Å². The lowest BCUT2D eigenvalue weighted by molar-refractivity contribution is -0.116. The molecule has 3 N–H and O–H groups in total. The molecule has 0 atom stereocenters. The number of amides is 1. The van der Waals surface area contributed by atoms with Crippen LogP contribution in [0, 0.1) is 0 Å². The van der Waals surface area contributed by atoms with Gasteiger partial charge < -0.3 is 15.4 Å². The molecule has 1 aromatic heterocycles. The molecule has 116 valence electrons. The van der Waals surface area contributed by atoms with Crippen molar-refractivity contribution < 1.29 is 9.90 Å². The van der Waals surface area contributed by atoms with E-state index < -0.39 is 0 Å². The number of nitrogens with one attached hydrogen (secondary N) is 2. The van der Waals surface area contributed by atoms with E-state index in [4.69, 9.17) is 0 Å². The van der Waals surface area contributed by atoms with Crippen LogP contribution in [-0.2, 0) is 11.2 Å². The van der Waals surface area contributed by atoms with Gasteiger partial charge in [0.2, 0.25) is 5.91 Å². The molecule has 0 fully saturated rings. The number of carbonyl (C=O) groups excluding carboxylic acids is 1. The minimum atomic E-state index is -0.114. The Morgan fingerprint density at radius 3 is 2.83 bits per heavy atom. The Hall–Kier alpha value is -3.01. The fourth-order valence-corrected chi connectivity index (χ4v) is 2.49. The van der Waals surface area contributed by atoms with Crippen molar-refractivity contribution in [2.75, 3.05) is 6.54 Å². The van der Waals surface area contributed by atoms with Gasteiger partial charge in [-0.2, -0.15) is 0 Å². The van der Waals surface area contributed by atoms with E-state index in [9.17, 15) is 9.90 Å². The van der Waals surface area contributed by atoms with E-state index in [2.05, 4.69) is 10.3 Å². The Kier molecular flexibility index (Phi) is 4.43. The second kappa shape index (κ2) is 6.83. The highest BCUT2D eigenvalue weighted by Gasteiger charge is 2.05. The lowest BCUT2D eigenvalue weighted by atomic mass is 10.1. The molecule has 3 rings (SSSR count). The summed E-state index contributed by atoms with van der Waals surface area (Å²) >= 11 is 0. The van der Waals surface area contributed by atoms with Gasteiger partial charge in [-0.1, -0.05) is 30.3 Å². The van der Waals surface area contributed by atoms with E-state index in [0.29, 0.717) is 13.0 Å². The molecule has 0 aliphatic carbocycles. The third-order valence-electron chi connectivity index (χ3n) is 3.67. The molecule has 0 aliphatic rings. The smallest absolute Gasteiger partial charge is 0.244 e. The van der Waals surface area contributed by atoms with Gasteiger partial charge in [0.1, 0.15) is 5.75 Å². The molecule has 0 spiro atoms. The van der Waals surface area contributed by atoms with Gasteiger partial charge in [0.25, 0.3) is 0 Å². The molecule has 0 saturated carbocycles. The van der Waals surface area contributed by atoms with Crippen LogP contribution in [0.3, 0.4) is 0 Å². The number of H-pyrrole nitrogens is 1. The van der Waals surface area contributed by atoms with Crippen LogP contribution in [0.15, 0.2) is 60.8 Å². The van der Waals surface area contributed by atoms with Crippen molar-refractivity contribution in [1.82, 2.24) is 10.3 Å². The highest BCUT2D eigenvalue weighted by atomic mass is 16.3. The Labute approximate surface area is 134 Å². The lowest BCUT2D eigenvalue weighted by Gasteiger charge is -2.02. The third kappa shape index (κ3) is 3.80. The number of hydrogen-bond acceptors (Lipinski definition) is 2. The minimum Gasteiger partial charge on any atom is -0.508 e. The molecule has 1 heterocycles. The van der Waals surface area contributed by atoms with Crippen molar-refractivity contribution in [3.63, 3.8) is 0 Å². The predicted molar refractivity (Wildman–Crippen MR) is 92.2 cm³/mol. The zero-order valence-corrected chi connectivity index (χ0v) is 12.6. The standard InChI is InChI=1S/C19H18N2O2/c22-16-7-8-18-17(12-16)15(13-21-18)10-11-20-19(23)9-6-14-4-2-1-3-5-14/h1-9,12-13,21-22H,10-11H2,(H,20,23). The molecule has 4 nitrogen and oxygen atoms in total. The first-order valence-electron chi connectivity index (χ1n) is 7.52. The highest BCUT2D eigenvalue weighted by molar-refractivity contribution is 5.91. The van der Waals surface area contributed by atoms with E-state index in [0.717, 1.165) is 22.0 Å². The summed E-state index contributed by atoms with van der Waals surface area (Å²) in [6, 6.07) is 14.9. The maximum atomic E-state index is 11.8. The third-order valence-corrected chi connectivity index (χ3v) is 3.67. The van der Waals surface area contributed by atoms with Crippen LogP contribution < -0.4 is 5.32 Å². The molecule has 1 amide bonds. The number of hydrogen-bond donors (Lipinski definition) is 3. The topological polar surface area (TPSA) is 65.1 Å². The van der Waals surface area contributed by atoms with Gasteiger partial charge in [-0.3, -0.25) is 4.79 Å². The summed E-state index contributed by atoms with van der Waals surface area (Å²) < 4.78 is 0. The number of benzene rings is 2. The van der Waals surface area contributed by atoms with Crippen LogP contribution in [0.1, 0.15) is 11.1 Å². The summed E-state index contributed by atoms with van der Waals surface area (Å²) in [5, 5.41) is 13.4. The van der Waals surface area contributed by atoms with Gasteiger partial charge in [-0.05, 0) is 41.8 Å². The van der Waals surface area contributed by atoms with Crippen LogP contribution in [0.4, 0.5) is 0 Å². The average Bonchev–Trinajstić information content (AvgIpc) is 2.96. The zero-order chi connectivity index (χ0) is 16.1. The molecular weight excluding hydrogens is 288 g/mol. The fraction of sp³-hybridized carbons (Fsp3) is 0.105. The molecule has 0 bridgehead atoms. The second-order valence-electron chi connectivity index (χ2n) is 5.33. The van der Waals surface area contributed by atoms with Crippen molar-refractivity contribution >= 4 is 22.9 Å². The summed E-state index contributed by atoms with van der Waals surface area (Å²) in [4.78, 5) is 15.0. The summed E-state index contributed by atoms with van der Waals surface area (Å²) in [7, 11) is 0. The molecule has 0 saturated heterocycles. The number of fused-ring (bicyclic) bond motifs is 1. The Bertz CT molecular complexity index is 835. The molecule has 4 heteroatoms. The monoisotopic (exact) mass is 306 g/mol. The van der Waals surface area contributed by atoms with Gasteiger partial charge in [-0.15, -0.1) is 0 Å². The minimum absolute atomic E-state index is 0.114. The Morgan fingerprint density at radius 2 is 2.00 bits per heavy atom. The van der Waals surface area contributed by atoms with Gasteiger partial charge in [0.15, 0.2) is 0 Å². The molecular formula is C19H18N2O2. The summed E-state index contributed by atoms with van der Waals surface area (Å²) in [6.45, 7) is 0.542. The fourth-order valence-electron chi connectivity index (χ4n) is 2.49. The highest BCUT2D eigenvalue weighted by Crippen LogP contribution is 2.22. The van der Waals surface area contributed by atoms with Crippen LogP contribution in [0.5, 0.6) is 5.75 Å². The maximum absolute atomic E-state index is 11.8. The van der Waals surface area contributed by atoms with Crippen molar-refractivity contribution in [2.45, 2.75) is 6.42 Å². The quantitative estimate of drug-likeness (QED) is 0.634. The average molecular weight is 306 g/mol. The van der Waals surface area contributed by atoms with Gasteiger partial charge in [0.05, 0.1) is 0 Å². The first-order chi connectivity index (χ1) is 11.2. The first-order valence-corrected chi connectivity index (χ1v) is 7.52. The van der Waals surface area contributed by atoms with Crippen molar-refractivity contribution in [3.05, 3.63) is 71.9 Å². The van der Waals surface area contributed by atoms with E-state index >= 15 is 0 Å². The number of phenolic OH excluding ortho intramolecular Hbond substituents is 1. The molecule has 3 aromatic rings. The SMILES string of the molecule is O=C(C=Cc1ccccc1)NCCc1c[nH]c2ccc(O)cc12. The second-order valence-corrected chi connectivity index (χ2v) is 5.33. The Morgan fingerprint density at radius 1 is 1.17 bits per heavy atom. The molecule has 0 aliphatic heterocycles.